The van der Waals surface area contributed by atoms with Crippen LogP contribution < -0.4 is 0 Å². The maximum absolute atomic E-state index is 11.7. The van der Waals surface area contributed by atoms with Crippen molar-refractivity contribution in [3.8, 4) is 0 Å². The zero-order valence-corrected chi connectivity index (χ0v) is 13.0. The summed E-state index contributed by atoms with van der Waals surface area (Å²) in [6.07, 6.45) is 0.213. The molecule has 20 heavy (non-hydrogen) atoms. The molecule has 1 amide bonds. The third-order valence-electron chi connectivity index (χ3n) is 3.27. The third kappa shape index (κ3) is 3.25. The molecule has 5 heteroatoms. The first-order valence-electron chi connectivity index (χ1n) is 6.93. The summed E-state index contributed by atoms with van der Waals surface area (Å²) in [6, 6.07) is 7.25. The molecule has 0 aromatic heterocycles. The highest BCUT2D eigenvalue weighted by Crippen LogP contribution is 2.38. The Hall–Kier alpha value is -1.26. The van der Waals surface area contributed by atoms with Crippen molar-refractivity contribution in [2.45, 2.75) is 39.3 Å². The molecule has 0 aliphatic heterocycles. The molecule has 0 spiro atoms. The van der Waals surface area contributed by atoms with Gasteiger partial charge in [0.25, 0.3) is 0 Å². The number of nitrogens with zero attached hydrogens (tertiary/aromatic N) is 1. The summed E-state index contributed by atoms with van der Waals surface area (Å²) >= 11 is 6.27. The molecule has 112 valence electrons. The zero-order chi connectivity index (χ0) is 15.2. The number of halogens is 1. The van der Waals surface area contributed by atoms with Crippen LogP contribution in [0.25, 0.3) is 0 Å². The Morgan fingerprint density at radius 2 is 2.00 bits per heavy atom. The predicted octanol–water partition coefficient (Wildman–Crippen LogP) is 4.33. The smallest absolute Gasteiger partial charge is 0.409 e. The highest BCUT2D eigenvalue weighted by Gasteiger charge is 2.41. The van der Waals surface area contributed by atoms with Gasteiger partial charge in [-0.1, -0.05) is 43.6 Å². The molecule has 0 fully saturated rings. The maximum atomic E-state index is 11.7. The first-order chi connectivity index (χ1) is 9.53. The number of ether oxygens (including phenoxy) is 1. The third-order valence-corrected chi connectivity index (χ3v) is 3.60. The van der Waals surface area contributed by atoms with Crippen LogP contribution in [-0.4, -0.2) is 29.3 Å². The summed E-state index contributed by atoms with van der Waals surface area (Å²) in [5.41, 5.74) is -0.337. The van der Waals surface area contributed by atoms with Crippen LogP contribution in [0.3, 0.4) is 0 Å². The highest BCUT2D eigenvalue weighted by molar-refractivity contribution is 6.31. The van der Waals surface area contributed by atoms with E-state index in [1.807, 2.05) is 39.0 Å². The average molecular weight is 300 g/mol. The molecular formula is C15H22ClNO3. The second-order valence-corrected chi connectivity index (χ2v) is 4.89. The van der Waals surface area contributed by atoms with Crippen LogP contribution in [0.5, 0.6) is 0 Å². The van der Waals surface area contributed by atoms with E-state index in [-0.39, 0.29) is 0 Å². The van der Waals surface area contributed by atoms with E-state index in [2.05, 4.69) is 0 Å². The normalized spacial score (nSPS) is 13.8. The highest BCUT2D eigenvalue weighted by atomic mass is 35.5. The summed E-state index contributed by atoms with van der Waals surface area (Å²) in [6.45, 7) is 6.51. The number of rotatable bonds is 7. The Bertz CT molecular complexity index is 452. The van der Waals surface area contributed by atoms with Crippen LogP contribution in [0.15, 0.2) is 24.3 Å². The van der Waals surface area contributed by atoms with Gasteiger partial charge in [-0.15, -0.1) is 0 Å². The summed E-state index contributed by atoms with van der Waals surface area (Å²) in [4.78, 5) is 13.0. The van der Waals surface area contributed by atoms with E-state index >= 15 is 0 Å². The van der Waals surface area contributed by atoms with Crippen LogP contribution >= 0.6 is 11.6 Å². The van der Waals surface area contributed by atoms with Crippen LogP contribution in [-0.2, 0) is 10.5 Å². The van der Waals surface area contributed by atoms with Gasteiger partial charge in [-0.25, -0.2) is 4.79 Å². The minimum absolute atomic E-state index is 0.397. The van der Waals surface area contributed by atoms with Crippen molar-refractivity contribution < 1.29 is 14.6 Å². The minimum Gasteiger partial charge on any atom is -0.465 e. The van der Waals surface area contributed by atoms with Crippen LogP contribution in [0, 0.1) is 0 Å². The Balaban J connectivity index is 3.41. The molecule has 1 N–H and O–H groups in total. The molecule has 0 aliphatic carbocycles. The van der Waals surface area contributed by atoms with E-state index in [1.54, 1.807) is 6.07 Å². The molecule has 1 rings (SSSR count). The number of benzene rings is 1. The monoisotopic (exact) mass is 299 g/mol. The van der Waals surface area contributed by atoms with Gasteiger partial charge in [-0.2, -0.15) is 0 Å². The van der Waals surface area contributed by atoms with E-state index < -0.39 is 11.8 Å². The van der Waals surface area contributed by atoms with E-state index in [0.29, 0.717) is 36.6 Å². The Morgan fingerprint density at radius 3 is 2.45 bits per heavy atom. The Morgan fingerprint density at radius 1 is 1.35 bits per heavy atom. The lowest BCUT2D eigenvalue weighted by Gasteiger charge is -2.42. The van der Waals surface area contributed by atoms with Crippen molar-refractivity contribution in [3.63, 3.8) is 0 Å². The van der Waals surface area contributed by atoms with Crippen molar-refractivity contribution in [2.75, 3.05) is 13.2 Å². The fourth-order valence-electron chi connectivity index (χ4n) is 2.46. The fraction of sp³-hybridized carbons (Fsp3) is 0.533. The summed E-state index contributed by atoms with van der Waals surface area (Å²) in [5.74, 6) is 0. The van der Waals surface area contributed by atoms with E-state index in [9.17, 15) is 9.90 Å². The number of carboxylic acid groups (broad SMARTS) is 1. The molecule has 0 unspecified atom stereocenters. The molecule has 0 saturated carbocycles. The first kappa shape index (κ1) is 16.8. The zero-order valence-electron chi connectivity index (χ0n) is 12.2. The van der Waals surface area contributed by atoms with Crippen molar-refractivity contribution >= 4 is 17.7 Å². The molecule has 1 atom stereocenters. The van der Waals surface area contributed by atoms with Crippen molar-refractivity contribution in [1.82, 2.24) is 4.90 Å². The number of hydrogen-bond acceptors (Lipinski definition) is 2. The molecule has 1 aromatic rings. The maximum Gasteiger partial charge on any atom is 0.409 e. The summed E-state index contributed by atoms with van der Waals surface area (Å²) < 4.78 is 5.88. The number of carbonyl (C=O) groups is 1. The Kier molecular flexibility index (Phi) is 6.30. The quantitative estimate of drug-likeness (QED) is 0.762. The lowest BCUT2D eigenvalue weighted by atomic mass is 9.97. The molecule has 0 heterocycles. The van der Waals surface area contributed by atoms with E-state index in [0.717, 1.165) is 0 Å². The van der Waals surface area contributed by atoms with Crippen molar-refractivity contribution in [2.24, 2.45) is 0 Å². The predicted molar refractivity (Wildman–Crippen MR) is 80.1 cm³/mol. The second kappa shape index (κ2) is 7.50. The number of amides is 1. The topological polar surface area (TPSA) is 49.8 Å². The fourth-order valence-corrected chi connectivity index (χ4v) is 2.74. The molecule has 0 aliphatic rings. The molecule has 0 saturated heterocycles. The van der Waals surface area contributed by atoms with E-state index in [1.165, 1.54) is 4.90 Å². The Labute approximate surface area is 125 Å². The van der Waals surface area contributed by atoms with Gasteiger partial charge >= 0.3 is 6.09 Å². The van der Waals surface area contributed by atoms with E-state index in [4.69, 9.17) is 16.3 Å². The average Bonchev–Trinajstić information content (AvgIpc) is 2.43. The van der Waals surface area contributed by atoms with Gasteiger partial charge in [0.05, 0.1) is 0 Å². The lowest BCUT2D eigenvalue weighted by Crippen LogP contribution is -2.51. The van der Waals surface area contributed by atoms with Gasteiger partial charge in [-0.3, -0.25) is 4.90 Å². The van der Waals surface area contributed by atoms with Crippen molar-refractivity contribution in [1.29, 1.82) is 0 Å². The molecule has 0 radical (unpaired) electrons. The molecule has 1 aromatic carbocycles. The standard InChI is InChI=1S/C15H22ClNO3/c1-4-11-17(14(18)19)15(5-2,20-6-3)12-9-7-8-10-13(12)16/h7-10H,4-6,11H2,1-3H3,(H,18,19)/t15-/m0/s1. The minimum atomic E-state index is -1.03. The van der Waals surface area contributed by atoms with Crippen LogP contribution in [0.4, 0.5) is 4.79 Å². The lowest BCUT2D eigenvalue weighted by molar-refractivity contribution is -0.148. The van der Waals surface area contributed by atoms with Gasteiger partial charge < -0.3 is 9.84 Å². The first-order valence-corrected chi connectivity index (χ1v) is 7.30. The summed E-state index contributed by atoms with van der Waals surface area (Å²) in [5, 5.41) is 10.1. The second-order valence-electron chi connectivity index (χ2n) is 4.49. The van der Waals surface area contributed by atoms with Gasteiger partial charge in [-0.05, 0) is 25.8 Å². The molecule has 0 bridgehead atoms. The van der Waals surface area contributed by atoms with Gasteiger partial charge in [0.15, 0.2) is 5.72 Å². The largest absolute Gasteiger partial charge is 0.465 e. The van der Waals surface area contributed by atoms with Gasteiger partial charge in [0.1, 0.15) is 0 Å². The van der Waals surface area contributed by atoms with Crippen LogP contribution in [0.1, 0.15) is 39.2 Å². The SMILES string of the molecule is CCCN(C(=O)O)[C@@](CC)(OCC)c1ccccc1Cl. The molecular weight excluding hydrogens is 278 g/mol. The molecule has 4 nitrogen and oxygen atoms in total. The summed E-state index contributed by atoms with van der Waals surface area (Å²) in [7, 11) is 0. The van der Waals surface area contributed by atoms with Gasteiger partial charge in [0, 0.05) is 23.7 Å². The van der Waals surface area contributed by atoms with Gasteiger partial charge in [0.2, 0.25) is 0 Å². The van der Waals surface area contributed by atoms with Crippen LogP contribution in [0.2, 0.25) is 5.02 Å². The number of hydrogen-bond donors (Lipinski definition) is 1. The van der Waals surface area contributed by atoms with Crippen molar-refractivity contribution in [3.05, 3.63) is 34.9 Å².